The SMILES string of the molecule is CC(CN)CNCC(N)c1ccc(C#N)cc1. The summed E-state index contributed by atoms with van der Waals surface area (Å²) in [6.45, 7) is 4.37. The Bertz CT molecular complexity index is 366. The van der Waals surface area contributed by atoms with Crippen LogP contribution in [0.2, 0.25) is 0 Å². The minimum Gasteiger partial charge on any atom is -0.330 e. The summed E-state index contributed by atoms with van der Waals surface area (Å²) in [5, 5.41) is 12.0. The van der Waals surface area contributed by atoms with E-state index in [1.165, 1.54) is 0 Å². The highest BCUT2D eigenvalue weighted by molar-refractivity contribution is 5.32. The first-order valence-corrected chi connectivity index (χ1v) is 5.83. The summed E-state index contributed by atoms with van der Waals surface area (Å²) >= 11 is 0. The molecule has 0 aliphatic rings. The topological polar surface area (TPSA) is 87.9 Å². The van der Waals surface area contributed by atoms with Crippen LogP contribution in [0.3, 0.4) is 0 Å². The van der Waals surface area contributed by atoms with Crippen LogP contribution >= 0.6 is 0 Å². The van der Waals surface area contributed by atoms with Gasteiger partial charge in [0.05, 0.1) is 11.6 Å². The first kappa shape index (κ1) is 13.7. The van der Waals surface area contributed by atoms with Crippen LogP contribution in [0.15, 0.2) is 24.3 Å². The predicted octanol–water partition coefficient (Wildman–Crippen LogP) is 0.742. The maximum atomic E-state index is 8.69. The first-order chi connectivity index (χ1) is 8.17. The molecule has 0 amide bonds. The van der Waals surface area contributed by atoms with E-state index in [2.05, 4.69) is 18.3 Å². The molecule has 92 valence electrons. The number of nitrogens with one attached hydrogen (secondary N) is 1. The van der Waals surface area contributed by atoms with Gasteiger partial charge in [0.2, 0.25) is 0 Å². The molecule has 2 unspecified atom stereocenters. The molecule has 5 N–H and O–H groups in total. The lowest BCUT2D eigenvalue weighted by Crippen LogP contribution is -2.32. The Balaban J connectivity index is 2.41. The average Bonchev–Trinajstić information content (AvgIpc) is 2.38. The molecule has 0 saturated heterocycles. The number of hydrogen-bond acceptors (Lipinski definition) is 4. The molecule has 1 aromatic carbocycles. The summed E-state index contributed by atoms with van der Waals surface area (Å²) in [6.07, 6.45) is 0. The van der Waals surface area contributed by atoms with Crippen LogP contribution in [0.25, 0.3) is 0 Å². The number of hydrogen-bond donors (Lipinski definition) is 3. The van der Waals surface area contributed by atoms with E-state index in [1.807, 2.05) is 12.1 Å². The van der Waals surface area contributed by atoms with Gasteiger partial charge in [-0.15, -0.1) is 0 Å². The van der Waals surface area contributed by atoms with E-state index in [1.54, 1.807) is 12.1 Å². The van der Waals surface area contributed by atoms with Crippen molar-refractivity contribution in [2.75, 3.05) is 19.6 Å². The number of benzene rings is 1. The lowest BCUT2D eigenvalue weighted by atomic mass is 10.1. The zero-order valence-corrected chi connectivity index (χ0v) is 10.2. The monoisotopic (exact) mass is 232 g/mol. The molecule has 2 atom stereocenters. The Morgan fingerprint density at radius 1 is 1.29 bits per heavy atom. The van der Waals surface area contributed by atoms with Gasteiger partial charge in [-0.2, -0.15) is 5.26 Å². The minimum atomic E-state index is -0.0484. The molecule has 0 fully saturated rings. The number of rotatable bonds is 6. The molecule has 0 heterocycles. The average molecular weight is 232 g/mol. The second kappa shape index (κ2) is 7.02. The lowest BCUT2D eigenvalue weighted by Gasteiger charge is -2.15. The molecule has 0 radical (unpaired) electrons. The molecule has 0 aliphatic carbocycles. The smallest absolute Gasteiger partial charge is 0.0991 e. The first-order valence-electron chi connectivity index (χ1n) is 5.83. The van der Waals surface area contributed by atoms with Gasteiger partial charge >= 0.3 is 0 Å². The molecule has 0 saturated carbocycles. The van der Waals surface area contributed by atoms with Gasteiger partial charge in [0, 0.05) is 12.6 Å². The Morgan fingerprint density at radius 2 is 1.94 bits per heavy atom. The van der Waals surface area contributed by atoms with Crippen LogP contribution in [0.4, 0.5) is 0 Å². The molecule has 0 aliphatic heterocycles. The van der Waals surface area contributed by atoms with Gasteiger partial charge in [-0.25, -0.2) is 0 Å². The Hall–Kier alpha value is -1.41. The van der Waals surface area contributed by atoms with Crippen LogP contribution in [0, 0.1) is 17.2 Å². The normalized spacial score (nSPS) is 14.0. The van der Waals surface area contributed by atoms with E-state index in [-0.39, 0.29) is 6.04 Å². The van der Waals surface area contributed by atoms with Crippen LogP contribution in [-0.2, 0) is 0 Å². The van der Waals surface area contributed by atoms with Crippen molar-refractivity contribution in [2.24, 2.45) is 17.4 Å². The summed E-state index contributed by atoms with van der Waals surface area (Å²) in [5.41, 5.74) is 13.3. The lowest BCUT2D eigenvalue weighted by molar-refractivity contribution is 0.500. The molecule has 1 aromatic rings. The van der Waals surface area contributed by atoms with E-state index in [0.717, 1.165) is 18.7 Å². The maximum absolute atomic E-state index is 8.69. The number of nitriles is 1. The van der Waals surface area contributed by atoms with Crippen molar-refractivity contribution in [1.82, 2.24) is 5.32 Å². The molecule has 1 rings (SSSR count). The van der Waals surface area contributed by atoms with Crippen LogP contribution in [-0.4, -0.2) is 19.6 Å². The summed E-state index contributed by atoms with van der Waals surface area (Å²) in [5.74, 6) is 0.461. The maximum Gasteiger partial charge on any atom is 0.0991 e. The summed E-state index contributed by atoms with van der Waals surface area (Å²) in [4.78, 5) is 0. The standard InChI is InChI=1S/C13H20N4/c1-10(6-14)8-17-9-13(16)12-4-2-11(7-15)3-5-12/h2-5,10,13,17H,6,8-9,14,16H2,1H3. The second-order valence-electron chi connectivity index (χ2n) is 4.34. The van der Waals surface area contributed by atoms with Crippen LogP contribution < -0.4 is 16.8 Å². The van der Waals surface area contributed by atoms with E-state index in [9.17, 15) is 0 Å². The van der Waals surface area contributed by atoms with Gasteiger partial charge < -0.3 is 16.8 Å². The van der Waals surface area contributed by atoms with Gasteiger partial charge in [0.1, 0.15) is 0 Å². The van der Waals surface area contributed by atoms with Crippen molar-refractivity contribution in [3.8, 4) is 6.07 Å². The van der Waals surface area contributed by atoms with Crippen LogP contribution in [0.5, 0.6) is 0 Å². The molecule has 4 heteroatoms. The third-order valence-electron chi connectivity index (χ3n) is 2.73. The molecule has 4 nitrogen and oxygen atoms in total. The molecule has 0 aromatic heterocycles. The van der Waals surface area contributed by atoms with Gasteiger partial charge in [-0.3, -0.25) is 0 Å². The highest BCUT2D eigenvalue weighted by atomic mass is 14.9. The Labute approximate surface area is 103 Å². The zero-order chi connectivity index (χ0) is 12.7. The highest BCUT2D eigenvalue weighted by Crippen LogP contribution is 2.10. The van der Waals surface area contributed by atoms with E-state index in [0.29, 0.717) is 18.0 Å². The van der Waals surface area contributed by atoms with Crippen molar-refractivity contribution >= 4 is 0 Å². The molecular weight excluding hydrogens is 212 g/mol. The zero-order valence-electron chi connectivity index (χ0n) is 10.2. The fourth-order valence-electron chi connectivity index (χ4n) is 1.49. The van der Waals surface area contributed by atoms with Crippen molar-refractivity contribution in [3.63, 3.8) is 0 Å². The quantitative estimate of drug-likeness (QED) is 0.675. The Morgan fingerprint density at radius 3 is 2.47 bits per heavy atom. The van der Waals surface area contributed by atoms with Crippen molar-refractivity contribution in [1.29, 1.82) is 5.26 Å². The number of nitrogens with two attached hydrogens (primary N) is 2. The van der Waals surface area contributed by atoms with Gasteiger partial charge in [0.25, 0.3) is 0 Å². The van der Waals surface area contributed by atoms with Gasteiger partial charge in [-0.05, 0) is 36.7 Å². The largest absolute Gasteiger partial charge is 0.330 e. The number of nitrogens with zero attached hydrogens (tertiary/aromatic N) is 1. The van der Waals surface area contributed by atoms with E-state index < -0.39 is 0 Å². The van der Waals surface area contributed by atoms with Crippen molar-refractivity contribution < 1.29 is 0 Å². The molecule has 0 spiro atoms. The van der Waals surface area contributed by atoms with E-state index >= 15 is 0 Å². The Kier molecular flexibility index (Phi) is 5.64. The van der Waals surface area contributed by atoms with Crippen LogP contribution in [0.1, 0.15) is 24.1 Å². The van der Waals surface area contributed by atoms with E-state index in [4.69, 9.17) is 16.7 Å². The molecular formula is C13H20N4. The fraction of sp³-hybridized carbons (Fsp3) is 0.462. The summed E-state index contributed by atoms with van der Waals surface area (Å²) in [6, 6.07) is 9.42. The third kappa shape index (κ3) is 4.53. The highest BCUT2D eigenvalue weighted by Gasteiger charge is 2.06. The minimum absolute atomic E-state index is 0.0484. The van der Waals surface area contributed by atoms with Gasteiger partial charge in [0.15, 0.2) is 0 Å². The summed E-state index contributed by atoms with van der Waals surface area (Å²) in [7, 11) is 0. The second-order valence-corrected chi connectivity index (χ2v) is 4.34. The van der Waals surface area contributed by atoms with Gasteiger partial charge in [-0.1, -0.05) is 19.1 Å². The fourth-order valence-corrected chi connectivity index (χ4v) is 1.49. The third-order valence-corrected chi connectivity index (χ3v) is 2.73. The predicted molar refractivity (Wildman–Crippen MR) is 69.2 cm³/mol. The van der Waals surface area contributed by atoms with Crippen molar-refractivity contribution in [2.45, 2.75) is 13.0 Å². The molecule has 17 heavy (non-hydrogen) atoms. The summed E-state index contributed by atoms with van der Waals surface area (Å²) < 4.78 is 0. The van der Waals surface area contributed by atoms with Crippen molar-refractivity contribution in [3.05, 3.63) is 35.4 Å². The molecule has 0 bridgehead atoms.